The van der Waals surface area contributed by atoms with Crippen molar-refractivity contribution < 1.29 is 0 Å². The highest BCUT2D eigenvalue weighted by Crippen LogP contribution is 2.41. The van der Waals surface area contributed by atoms with Gasteiger partial charge < -0.3 is 0 Å². The number of hydrogen-bond acceptors (Lipinski definition) is 0. The molecule has 0 N–H and O–H groups in total. The third-order valence-electron chi connectivity index (χ3n) is 3.05. The standard InChI is InChI=1S/C11H18.2C2H6/c1-5-10-6-7-11(4,8-10)9(2)3;2*1-2/h5,8-9H,1,6-7H2,2-4H3;2*1-2H3. The topological polar surface area (TPSA) is 0 Å². The van der Waals surface area contributed by atoms with Gasteiger partial charge in [-0.25, -0.2) is 0 Å². The predicted octanol–water partition coefficient (Wildman–Crippen LogP) is 5.61. The molecule has 0 spiro atoms. The second kappa shape index (κ2) is 8.76. The third-order valence-corrected chi connectivity index (χ3v) is 3.05. The molecule has 1 aliphatic rings. The van der Waals surface area contributed by atoms with Crippen molar-refractivity contribution >= 4 is 0 Å². The normalized spacial score (nSPS) is 23.3. The number of allylic oxidation sites excluding steroid dienone is 3. The molecule has 0 fully saturated rings. The van der Waals surface area contributed by atoms with E-state index in [1.807, 2.05) is 33.8 Å². The summed E-state index contributed by atoms with van der Waals surface area (Å²) in [5.74, 6) is 0.750. The Morgan fingerprint density at radius 3 is 1.93 bits per heavy atom. The van der Waals surface area contributed by atoms with Crippen LogP contribution in [-0.4, -0.2) is 0 Å². The highest BCUT2D eigenvalue weighted by molar-refractivity contribution is 5.25. The lowest BCUT2D eigenvalue weighted by atomic mass is 9.79. The molecule has 0 aromatic carbocycles. The van der Waals surface area contributed by atoms with Crippen molar-refractivity contribution in [2.24, 2.45) is 11.3 Å². The molecular weight excluding hydrogens is 180 g/mol. The summed E-state index contributed by atoms with van der Waals surface area (Å²) in [6, 6.07) is 0. The SMILES string of the molecule is C=CC1=CC(C)(C(C)C)CC1.CC.CC. The Morgan fingerprint density at radius 1 is 1.27 bits per heavy atom. The summed E-state index contributed by atoms with van der Waals surface area (Å²) in [4.78, 5) is 0. The fourth-order valence-corrected chi connectivity index (χ4v) is 1.60. The second-order valence-electron chi connectivity index (χ2n) is 4.08. The molecule has 0 aliphatic heterocycles. The fraction of sp³-hybridized carbons (Fsp3) is 0.733. The van der Waals surface area contributed by atoms with E-state index in [-0.39, 0.29) is 0 Å². The zero-order valence-corrected chi connectivity index (χ0v) is 11.9. The lowest BCUT2D eigenvalue weighted by Crippen LogP contribution is -2.17. The minimum Gasteiger partial charge on any atom is -0.0988 e. The van der Waals surface area contributed by atoms with E-state index in [0.29, 0.717) is 5.41 Å². The van der Waals surface area contributed by atoms with Crippen LogP contribution >= 0.6 is 0 Å². The molecule has 0 heteroatoms. The molecule has 90 valence electrons. The molecular formula is C15H30. The van der Waals surface area contributed by atoms with Crippen LogP contribution in [-0.2, 0) is 0 Å². The van der Waals surface area contributed by atoms with Gasteiger partial charge in [-0.2, -0.15) is 0 Å². The van der Waals surface area contributed by atoms with Gasteiger partial charge in [0.05, 0.1) is 0 Å². The van der Waals surface area contributed by atoms with Gasteiger partial charge >= 0.3 is 0 Å². The summed E-state index contributed by atoms with van der Waals surface area (Å²) in [7, 11) is 0. The van der Waals surface area contributed by atoms with Crippen LogP contribution in [0.25, 0.3) is 0 Å². The van der Waals surface area contributed by atoms with Gasteiger partial charge in [-0.05, 0) is 24.2 Å². The maximum Gasteiger partial charge on any atom is -0.0115 e. The zero-order valence-electron chi connectivity index (χ0n) is 11.9. The van der Waals surface area contributed by atoms with Gasteiger partial charge in [-0.3, -0.25) is 0 Å². The van der Waals surface area contributed by atoms with Crippen LogP contribution in [0.1, 0.15) is 61.3 Å². The lowest BCUT2D eigenvalue weighted by molar-refractivity contribution is 0.293. The third kappa shape index (κ3) is 5.20. The van der Waals surface area contributed by atoms with Gasteiger partial charge in [0.15, 0.2) is 0 Å². The molecule has 0 radical (unpaired) electrons. The first-order chi connectivity index (χ1) is 7.08. The first-order valence-electron chi connectivity index (χ1n) is 6.42. The Balaban J connectivity index is 0. The average molecular weight is 210 g/mol. The van der Waals surface area contributed by atoms with Crippen LogP contribution in [0, 0.1) is 11.3 Å². The maximum atomic E-state index is 3.80. The van der Waals surface area contributed by atoms with Crippen LogP contribution in [0.15, 0.2) is 24.3 Å². The Kier molecular flexibility index (Phi) is 9.87. The maximum absolute atomic E-state index is 3.80. The molecule has 0 aromatic rings. The Morgan fingerprint density at radius 2 is 1.73 bits per heavy atom. The van der Waals surface area contributed by atoms with Gasteiger partial charge in [0, 0.05) is 0 Å². The smallest absolute Gasteiger partial charge is 0.0115 e. The predicted molar refractivity (Wildman–Crippen MR) is 73.2 cm³/mol. The van der Waals surface area contributed by atoms with E-state index in [1.165, 1.54) is 18.4 Å². The summed E-state index contributed by atoms with van der Waals surface area (Å²) >= 11 is 0. The first-order valence-corrected chi connectivity index (χ1v) is 6.42. The Hall–Kier alpha value is -0.520. The van der Waals surface area contributed by atoms with E-state index in [2.05, 4.69) is 33.4 Å². The molecule has 0 saturated heterocycles. The molecule has 1 unspecified atom stereocenters. The summed E-state index contributed by atoms with van der Waals surface area (Å²) in [6.07, 6.45) is 6.91. The number of rotatable bonds is 2. The van der Waals surface area contributed by atoms with E-state index in [9.17, 15) is 0 Å². The van der Waals surface area contributed by atoms with E-state index in [4.69, 9.17) is 0 Å². The van der Waals surface area contributed by atoms with Crippen LogP contribution in [0.2, 0.25) is 0 Å². The van der Waals surface area contributed by atoms with Crippen LogP contribution in [0.5, 0.6) is 0 Å². The van der Waals surface area contributed by atoms with Crippen molar-refractivity contribution in [3.8, 4) is 0 Å². The van der Waals surface area contributed by atoms with E-state index in [0.717, 1.165) is 5.92 Å². The molecule has 0 heterocycles. The first kappa shape index (κ1) is 16.9. The van der Waals surface area contributed by atoms with E-state index >= 15 is 0 Å². The summed E-state index contributed by atoms with van der Waals surface area (Å²) in [5.41, 5.74) is 1.87. The Labute approximate surface area is 97.5 Å². The van der Waals surface area contributed by atoms with E-state index < -0.39 is 0 Å². The summed E-state index contributed by atoms with van der Waals surface area (Å²) in [6.45, 7) is 18.7. The molecule has 0 aromatic heterocycles. The molecule has 15 heavy (non-hydrogen) atoms. The van der Waals surface area contributed by atoms with Crippen LogP contribution in [0.4, 0.5) is 0 Å². The molecule has 0 amide bonds. The summed E-state index contributed by atoms with van der Waals surface area (Å²) < 4.78 is 0. The van der Waals surface area contributed by atoms with Gasteiger partial charge in [0.2, 0.25) is 0 Å². The van der Waals surface area contributed by atoms with Crippen molar-refractivity contribution in [3.63, 3.8) is 0 Å². The van der Waals surface area contributed by atoms with Crippen molar-refractivity contribution in [1.29, 1.82) is 0 Å². The molecule has 0 bridgehead atoms. The minimum atomic E-state index is 0.434. The summed E-state index contributed by atoms with van der Waals surface area (Å²) in [5, 5.41) is 0. The largest absolute Gasteiger partial charge is 0.0988 e. The van der Waals surface area contributed by atoms with Gasteiger partial charge in [-0.15, -0.1) is 0 Å². The Bertz CT molecular complexity index is 186. The van der Waals surface area contributed by atoms with Crippen LogP contribution < -0.4 is 0 Å². The van der Waals surface area contributed by atoms with E-state index in [1.54, 1.807) is 0 Å². The minimum absolute atomic E-state index is 0.434. The highest BCUT2D eigenvalue weighted by Gasteiger charge is 2.29. The zero-order chi connectivity index (χ0) is 12.5. The monoisotopic (exact) mass is 210 g/mol. The van der Waals surface area contributed by atoms with Crippen molar-refractivity contribution in [2.75, 3.05) is 0 Å². The van der Waals surface area contributed by atoms with Gasteiger partial charge in [-0.1, -0.05) is 72.8 Å². The quantitative estimate of drug-likeness (QED) is 0.556. The second-order valence-corrected chi connectivity index (χ2v) is 4.08. The molecule has 0 saturated carbocycles. The van der Waals surface area contributed by atoms with Crippen molar-refractivity contribution in [3.05, 3.63) is 24.3 Å². The highest BCUT2D eigenvalue weighted by atomic mass is 14.3. The van der Waals surface area contributed by atoms with Crippen molar-refractivity contribution in [1.82, 2.24) is 0 Å². The molecule has 1 rings (SSSR count). The average Bonchev–Trinajstić information content (AvgIpc) is 2.68. The fourth-order valence-electron chi connectivity index (χ4n) is 1.60. The molecule has 1 atom stereocenters. The van der Waals surface area contributed by atoms with Crippen LogP contribution in [0.3, 0.4) is 0 Å². The number of hydrogen-bond donors (Lipinski definition) is 0. The molecule has 1 aliphatic carbocycles. The lowest BCUT2D eigenvalue weighted by Gasteiger charge is -2.26. The van der Waals surface area contributed by atoms with Crippen molar-refractivity contribution in [2.45, 2.75) is 61.3 Å². The van der Waals surface area contributed by atoms with Gasteiger partial charge in [0.1, 0.15) is 0 Å². The molecule has 0 nitrogen and oxygen atoms in total. The van der Waals surface area contributed by atoms with Gasteiger partial charge in [0.25, 0.3) is 0 Å².